The van der Waals surface area contributed by atoms with Crippen LogP contribution in [0.2, 0.25) is 0 Å². The Morgan fingerprint density at radius 2 is 2.00 bits per heavy atom. The minimum atomic E-state index is -0.611. The predicted octanol–water partition coefficient (Wildman–Crippen LogP) is 0.775. The van der Waals surface area contributed by atoms with Crippen molar-refractivity contribution in [1.82, 2.24) is 5.32 Å². The molecule has 1 heterocycles. The van der Waals surface area contributed by atoms with Crippen molar-refractivity contribution >= 4 is 5.91 Å². The van der Waals surface area contributed by atoms with Crippen LogP contribution < -0.4 is 5.32 Å². The van der Waals surface area contributed by atoms with Crippen molar-refractivity contribution in [2.75, 3.05) is 0 Å². The standard InChI is InChI=1S/C8H15NO2/c10-7-5-3-1-2-4-6-8(11)9-7/h7,10H,1-6H2,(H,9,11). The van der Waals surface area contributed by atoms with Crippen molar-refractivity contribution in [2.45, 2.75) is 44.8 Å². The van der Waals surface area contributed by atoms with Gasteiger partial charge in [0.25, 0.3) is 0 Å². The monoisotopic (exact) mass is 157 g/mol. The minimum Gasteiger partial charge on any atom is -0.374 e. The van der Waals surface area contributed by atoms with Crippen molar-refractivity contribution in [3.63, 3.8) is 0 Å². The third-order valence-corrected chi connectivity index (χ3v) is 1.96. The summed E-state index contributed by atoms with van der Waals surface area (Å²) in [6, 6.07) is 0. The van der Waals surface area contributed by atoms with Gasteiger partial charge in [-0.25, -0.2) is 0 Å². The quantitative estimate of drug-likeness (QED) is 0.545. The van der Waals surface area contributed by atoms with Gasteiger partial charge in [-0.05, 0) is 19.3 Å². The number of aliphatic hydroxyl groups is 1. The number of hydrogen-bond acceptors (Lipinski definition) is 2. The van der Waals surface area contributed by atoms with Crippen LogP contribution in [0.25, 0.3) is 0 Å². The largest absolute Gasteiger partial charge is 0.374 e. The summed E-state index contributed by atoms with van der Waals surface area (Å²) in [5.41, 5.74) is 0. The number of rotatable bonds is 0. The first-order valence-corrected chi connectivity index (χ1v) is 4.26. The summed E-state index contributed by atoms with van der Waals surface area (Å²) in [5.74, 6) is -0.0144. The molecule has 0 aromatic carbocycles. The Labute approximate surface area is 66.8 Å². The van der Waals surface area contributed by atoms with Crippen LogP contribution in [-0.2, 0) is 4.79 Å². The fraction of sp³-hybridized carbons (Fsp3) is 0.875. The minimum absolute atomic E-state index is 0.0144. The molecule has 0 saturated carbocycles. The fourth-order valence-corrected chi connectivity index (χ4v) is 1.31. The highest BCUT2D eigenvalue weighted by Gasteiger charge is 2.10. The molecule has 11 heavy (non-hydrogen) atoms. The second-order valence-corrected chi connectivity index (χ2v) is 3.04. The van der Waals surface area contributed by atoms with Crippen LogP contribution in [0.5, 0.6) is 0 Å². The van der Waals surface area contributed by atoms with E-state index in [2.05, 4.69) is 5.32 Å². The molecule has 64 valence electrons. The Morgan fingerprint density at radius 3 is 2.82 bits per heavy atom. The highest BCUT2D eigenvalue weighted by atomic mass is 16.3. The number of hydrogen-bond donors (Lipinski definition) is 2. The average Bonchev–Trinajstić information content (AvgIpc) is 2.02. The van der Waals surface area contributed by atoms with Crippen molar-refractivity contribution in [3.05, 3.63) is 0 Å². The first kappa shape index (κ1) is 8.53. The van der Waals surface area contributed by atoms with Crippen LogP contribution in [0.3, 0.4) is 0 Å². The molecular formula is C8H15NO2. The summed E-state index contributed by atoms with van der Waals surface area (Å²) in [5, 5.41) is 11.7. The van der Waals surface area contributed by atoms with Gasteiger partial charge in [0, 0.05) is 6.42 Å². The van der Waals surface area contributed by atoms with E-state index >= 15 is 0 Å². The molecule has 0 spiro atoms. The normalized spacial score (nSPS) is 28.1. The number of carbonyl (C=O) groups is 1. The molecule has 0 aromatic rings. The lowest BCUT2D eigenvalue weighted by Crippen LogP contribution is -2.33. The van der Waals surface area contributed by atoms with E-state index in [1.807, 2.05) is 0 Å². The number of carbonyl (C=O) groups excluding carboxylic acids is 1. The smallest absolute Gasteiger partial charge is 0.221 e. The van der Waals surface area contributed by atoms with Gasteiger partial charge in [0.05, 0.1) is 0 Å². The Bertz CT molecular complexity index is 136. The molecule has 1 rings (SSSR count). The lowest BCUT2D eigenvalue weighted by Gasteiger charge is -2.09. The molecule has 1 fully saturated rings. The van der Waals surface area contributed by atoms with Crippen molar-refractivity contribution in [3.8, 4) is 0 Å². The molecule has 2 N–H and O–H groups in total. The highest BCUT2D eigenvalue weighted by molar-refractivity contribution is 5.75. The van der Waals surface area contributed by atoms with Gasteiger partial charge >= 0.3 is 0 Å². The third kappa shape index (κ3) is 3.37. The number of nitrogens with one attached hydrogen (secondary N) is 1. The Balaban J connectivity index is 2.33. The van der Waals surface area contributed by atoms with Crippen LogP contribution in [0, 0.1) is 0 Å². The maximum Gasteiger partial charge on any atom is 0.221 e. The number of aliphatic hydroxyl groups excluding tert-OH is 1. The van der Waals surface area contributed by atoms with E-state index in [-0.39, 0.29) is 5.91 Å². The molecule has 1 aliphatic heterocycles. The van der Waals surface area contributed by atoms with Crippen LogP contribution >= 0.6 is 0 Å². The average molecular weight is 157 g/mol. The van der Waals surface area contributed by atoms with Gasteiger partial charge in [-0.1, -0.05) is 12.8 Å². The van der Waals surface area contributed by atoms with Crippen LogP contribution in [-0.4, -0.2) is 17.2 Å². The van der Waals surface area contributed by atoms with Gasteiger partial charge in [0.1, 0.15) is 6.23 Å². The van der Waals surface area contributed by atoms with Gasteiger partial charge in [0.2, 0.25) is 5.91 Å². The fourth-order valence-electron chi connectivity index (χ4n) is 1.31. The first-order valence-electron chi connectivity index (χ1n) is 4.26. The molecule has 3 heteroatoms. The second kappa shape index (κ2) is 4.34. The number of amides is 1. The third-order valence-electron chi connectivity index (χ3n) is 1.96. The molecule has 1 atom stereocenters. The van der Waals surface area contributed by atoms with Crippen LogP contribution in [0.1, 0.15) is 38.5 Å². The zero-order valence-electron chi connectivity index (χ0n) is 6.68. The predicted molar refractivity (Wildman–Crippen MR) is 41.9 cm³/mol. The lowest BCUT2D eigenvalue weighted by molar-refractivity contribution is -0.124. The maximum absolute atomic E-state index is 10.9. The van der Waals surface area contributed by atoms with Gasteiger partial charge in [-0.2, -0.15) is 0 Å². The SMILES string of the molecule is O=C1CCCCCCC(O)N1. The summed E-state index contributed by atoms with van der Waals surface area (Å²) in [6.07, 6.45) is 4.87. The topological polar surface area (TPSA) is 49.3 Å². The van der Waals surface area contributed by atoms with E-state index in [1.165, 1.54) is 0 Å². The molecule has 3 nitrogen and oxygen atoms in total. The van der Waals surface area contributed by atoms with E-state index in [1.54, 1.807) is 0 Å². The van der Waals surface area contributed by atoms with Crippen LogP contribution in [0.4, 0.5) is 0 Å². The summed E-state index contributed by atoms with van der Waals surface area (Å²) in [4.78, 5) is 10.9. The van der Waals surface area contributed by atoms with Gasteiger partial charge in [-0.3, -0.25) is 4.79 Å². The van der Waals surface area contributed by atoms with Gasteiger partial charge < -0.3 is 10.4 Å². The van der Waals surface area contributed by atoms with Crippen LogP contribution in [0.15, 0.2) is 0 Å². The summed E-state index contributed by atoms with van der Waals surface area (Å²) < 4.78 is 0. The zero-order chi connectivity index (χ0) is 8.10. The second-order valence-electron chi connectivity index (χ2n) is 3.04. The van der Waals surface area contributed by atoms with Crippen molar-refractivity contribution in [1.29, 1.82) is 0 Å². The van der Waals surface area contributed by atoms with E-state index in [0.29, 0.717) is 12.8 Å². The maximum atomic E-state index is 10.9. The molecule has 0 bridgehead atoms. The Kier molecular flexibility index (Phi) is 3.36. The summed E-state index contributed by atoms with van der Waals surface area (Å²) in [6.45, 7) is 0. The molecular weight excluding hydrogens is 142 g/mol. The van der Waals surface area contributed by atoms with Gasteiger partial charge in [-0.15, -0.1) is 0 Å². The summed E-state index contributed by atoms with van der Waals surface area (Å²) >= 11 is 0. The van der Waals surface area contributed by atoms with E-state index in [4.69, 9.17) is 0 Å². The molecule has 1 saturated heterocycles. The molecule has 1 unspecified atom stereocenters. The summed E-state index contributed by atoms with van der Waals surface area (Å²) in [7, 11) is 0. The van der Waals surface area contributed by atoms with Crippen molar-refractivity contribution in [2.24, 2.45) is 0 Å². The van der Waals surface area contributed by atoms with E-state index < -0.39 is 6.23 Å². The first-order chi connectivity index (χ1) is 5.29. The van der Waals surface area contributed by atoms with E-state index in [9.17, 15) is 9.90 Å². The molecule has 0 aliphatic carbocycles. The van der Waals surface area contributed by atoms with Gasteiger partial charge in [0.15, 0.2) is 0 Å². The molecule has 0 radical (unpaired) electrons. The Hall–Kier alpha value is -0.570. The Morgan fingerprint density at radius 1 is 1.27 bits per heavy atom. The molecule has 0 aromatic heterocycles. The highest BCUT2D eigenvalue weighted by Crippen LogP contribution is 2.09. The van der Waals surface area contributed by atoms with Crippen molar-refractivity contribution < 1.29 is 9.90 Å². The van der Waals surface area contributed by atoms with E-state index in [0.717, 1.165) is 25.7 Å². The molecule has 1 aliphatic rings. The lowest BCUT2D eigenvalue weighted by atomic mass is 10.1. The molecule has 1 amide bonds. The zero-order valence-corrected chi connectivity index (χ0v) is 6.68.